The summed E-state index contributed by atoms with van der Waals surface area (Å²) in [6.07, 6.45) is 2.64. The molecule has 9 heavy (non-hydrogen) atoms. The van der Waals surface area contributed by atoms with Crippen LogP contribution in [0.2, 0.25) is 0 Å². The average molecular weight is 125 g/mol. The lowest BCUT2D eigenvalue weighted by atomic mass is 9.95. The summed E-state index contributed by atoms with van der Waals surface area (Å²) in [6.45, 7) is 1.93. The van der Waals surface area contributed by atoms with Crippen molar-refractivity contribution in [1.29, 1.82) is 5.26 Å². The van der Waals surface area contributed by atoms with E-state index in [2.05, 4.69) is 0 Å². The van der Waals surface area contributed by atoms with E-state index in [-0.39, 0.29) is 5.92 Å². The van der Waals surface area contributed by atoms with E-state index in [1.54, 1.807) is 0 Å². The van der Waals surface area contributed by atoms with Gasteiger partial charge in [-0.1, -0.05) is 6.92 Å². The molecular weight excluding hydrogens is 114 g/mol. The Morgan fingerprint density at radius 3 is 2.67 bits per heavy atom. The molecule has 1 aliphatic carbocycles. The number of rotatable bonds is 0. The molecule has 0 saturated heterocycles. The van der Waals surface area contributed by atoms with E-state index in [4.69, 9.17) is 5.26 Å². The molecule has 2 nitrogen and oxygen atoms in total. The molecule has 0 aromatic heterocycles. The molecule has 0 aromatic rings. The zero-order chi connectivity index (χ0) is 6.91. The van der Waals surface area contributed by atoms with Crippen molar-refractivity contribution < 1.29 is 5.11 Å². The molecule has 0 radical (unpaired) electrons. The molecule has 0 aliphatic heterocycles. The van der Waals surface area contributed by atoms with Gasteiger partial charge < -0.3 is 5.11 Å². The van der Waals surface area contributed by atoms with Gasteiger partial charge in [-0.3, -0.25) is 0 Å². The van der Waals surface area contributed by atoms with Crippen LogP contribution in [0.15, 0.2) is 0 Å². The Morgan fingerprint density at radius 2 is 2.44 bits per heavy atom. The standard InChI is InChI=1S/C7H11NO/c1-6-3-2-4-7(6,9)5-8/h6,9H,2-4H2,1H3/t6-,7+/m1/s1. The summed E-state index contributed by atoms with van der Waals surface area (Å²) in [5.74, 6) is 0.169. The fourth-order valence-electron chi connectivity index (χ4n) is 1.33. The van der Waals surface area contributed by atoms with Gasteiger partial charge in [0.15, 0.2) is 5.60 Å². The molecule has 1 fully saturated rings. The minimum Gasteiger partial charge on any atom is -0.375 e. The minimum atomic E-state index is -1.00. The second kappa shape index (κ2) is 2.00. The van der Waals surface area contributed by atoms with Crippen molar-refractivity contribution >= 4 is 0 Å². The van der Waals surface area contributed by atoms with Gasteiger partial charge >= 0.3 is 0 Å². The molecule has 0 bridgehead atoms. The van der Waals surface area contributed by atoms with Gasteiger partial charge in [-0.25, -0.2) is 0 Å². The van der Waals surface area contributed by atoms with E-state index in [0.29, 0.717) is 6.42 Å². The minimum absolute atomic E-state index is 0.169. The van der Waals surface area contributed by atoms with Crippen LogP contribution in [0.1, 0.15) is 26.2 Å². The van der Waals surface area contributed by atoms with Crippen molar-refractivity contribution in [2.24, 2.45) is 5.92 Å². The molecule has 1 N–H and O–H groups in total. The third-order valence-corrected chi connectivity index (χ3v) is 2.20. The van der Waals surface area contributed by atoms with E-state index in [1.165, 1.54) is 0 Å². The zero-order valence-electron chi connectivity index (χ0n) is 5.59. The largest absolute Gasteiger partial charge is 0.375 e. The second-order valence-electron chi connectivity index (χ2n) is 2.83. The molecule has 0 aromatic carbocycles. The van der Waals surface area contributed by atoms with E-state index >= 15 is 0 Å². The molecule has 0 heterocycles. The molecule has 1 rings (SSSR count). The number of nitriles is 1. The number of aliphatic hydroxyl groups is 1. The van der Waals surface area contributed by atoms with Crippen molar-refractivity contribution in [2.45, 2.75) is 31.8 Å². The van der Waals surface area contributed by atoms with Gasteiger partial charge in [-0.15, -0.1) is 0 Å². The molecule has 50 valence electrons. The van der Waals surface area contributed by atoms with Gasteiger partial charge in [0, 0.05) is 0 Å². The van der Waals surface area contributed by atoms with Crippen LogP contribution in [0.3, 0.4) is 0 Å². The van der Waals surface area contributed by atoms with Gasteiger partial charge in [-0.2, -0.15) is 5.26 Å². The Labute approximate surface area is 55.1 Å². The topological polar surface area (TPSA) is 44.0 Å². The van der Waals surface area contributed by atoms with Crippen LogP contribution in [-0.2, 0) is 0 Å². The van der Waals surface area contributed by atoms with E-state index in [9.17, 15) is 5.11 Å². The van der Waals surface area contributed by atoms with Crippen molar-refractivity contribution in [1.82, 2.24) is 0 Å². The fraction of sp³-hybridized carbons (Fsp3) is 0.857. The fourth-order valence-corrected chi connectivity index (χ4v) is 1.33. The Bertz CT molecular complexity index is 149. The molecule has 1 aliphatic rings. The van der Waals surface area contributed by atoms with Gasteiger partial charge in [0.1, 0.15) is 0 Å². The van der Waals surface area contributed by atoms with Gasteiger partial charge in [-0.05, 0) is 25.2 Å². The maximum absolute atomic E-state index is 9.41. The highest BCUT2D eigenvalue weighted by molar-refractivity contribution is 5.06. The van der Waals surface area contributed by atoms with E-state index in [0.717, 1.165) is 12.8 Å². The third kappa shape index (κ3) is 0.927. The molecule has 0 unspecified atom stereocenters. The Balaban J connectivity index is 2.70. The van der Waals surface area contributed by atoms with Gasteiger partial charge in [0.2, 0.25) is 0 Å². The van der Waals surface area contributed by atoms with Crippen molar-refractivity contribution in [2.75, 3.05) is 0 Å². The van der Waals surface area contributed by atoms with Crippen LogP contribution in [0.5, 0.6) is 0 Å². The number of hydrogen-bond acceptors (Lipinski definition) is 2. The first-order valence-electron chi connectivity index (χ1n) is 3.33. The van der Waals surface area contributed by atoms with Crippen LogP contribution >= 0.6 is 0 Å². The lowest BCUT2D eigenvalue weighted by Crippen LogP contribution is -2.28. The quantitative estimate of drug-likeness (QED) is 0.492. The molecule has 0 spiro atoms. The van der Waals surface area contributed by atoms with Crippen molar-refractivity contribution in [3.63, 3.8) is 0 Å². The normalized spacial score (nSPS) is 42.6. The first-order valence-corrected chi connectivity index (χ1v) is 3.33. The molecule has 2 atom stereocenters. The predicted molar refractivity (Wildman–Crippen MR) is 33.6 cm³/mol. The number of hydrogen-bond donors (Lipinski definition) is 1. The Kier molecular flexibility index (Phi) is 1.46. The smallest absolute Gasteiger partial charge is 0.153 e. The van der Waals surface area contributed by atoms with Crippen LogP contribution in [-0.4, -0.2) is 10.7 Å². The lowest BCUT2D eigenvalue weighted by molar-refractivity contribution is 0.0665. The SMILES string of the molecule is C[C@@H]1CCC[C@]1(O)C#N. The average Bonchev–Trinajstić information content (AvgIpc) is 2.15. The number of nitrogens with zero attached hydrogens (tertiary/aromatic N) is 1. The maximum atomic E-state index is 9.41. The summed E-state index contributed by atoms with van der Waals surface area (Å²) in [5.41, 5.74) is -1.00. The third-order valence-electron chi connectivity index (χ3n) is 2.20. The second-order valence-corrected chi connectivity index (χ2v) is 2.83. The summed E-state index contributed by atoms with van der Waals surface area (Å²) >= 11 is 0. The molecular formula is C7H11NO. The summed E-state index contributed by atoms with van der Waals surface area (Å²) in [4.78, 5) is 0. The maximum Gasteiger partial charge on any atom is 0.153 e. The monoisotopic (exact) mass is 125 g/mol. The summed E-state index contributed by atoms with van der Waals surface area (Å²) in [7, 11) is 0. The highest BCUT2D eigenvalue weighted by Crippen LogP contribution is 2.34. The van der Waals surface area contributed by atoms with E-state index in [1.807, 2.05) is 13.0 Å². The Morgan fingerprint density at radius 1 is 1.78 bits per heavy atom. The van der Waals surface area contributed by atoms with Crippen molar-refractivity contribution in [3.05, 3.63) is 0 Å². The first kappa shape index (κ1) is 6.57. The molecule has 0 amide bonds. The van der Waals surface area contributed by atoms with Gasteiger partial charge in [0.25, 0.3) is 0 Å². The molecule has 2 heteroatoms. The van der Waals surface area contributed by atoms with Crippen LogP contribution in [0, 0.1) is 17.2 Å². The summed E-state index contributed by atoms with van der Waals surface area (Å²) < 4.78 is 0. The van der Waals surface area contributed by atoms with Gasteiger partial charge in [0.05, 0.1) is 6.07 Å². The van der Waals surface area contributed by atoms with Crippen LogP contribution in [0.25, 0.3) is 0 Å². The Hall–Kier alpha value is -0.550. The summed E-state index contributed by atoms with van der Waals surface area (Å²) in [5, 5.41) is 17.9. The van der Waals surface area contributed by atoms with Crippen LogP contribution < -0.4 is 0 Å². The zero-order valence-corrected chi connectivity index (χ0v) is 5.59. The highest BCUT2D eigenvalue weighted by atomic mass is 16.3. The van der Waals surface area contributed by atoms with E-state index < -0.39 is 5.60 Å². The highest BCUT2D eigenvalue weighted by Gasteiger charge is 2.37. The van der Waals surface area contributed by atoms with Crippen LogP contribution in [0.4, 0.5) is 0 Å². The summed E-state index contributed by atoms with van der Waals surface area (Å²) in [6, 6.07) is 1.95. The molecule has 1 saturated carbocycles. The van der Waals surface area contributed by atoms with Crippen molar-refractivity contribution in [3.8, 4) is 6.07 Å². The predicted octanol–water partition coefficient (Wildman–Crippen LogP) is 1.06. The lowest BCUT2D eigenvalue weighted by Gasteiger charge is -2.17. The first-order chi connectivity index (χ1) is 4.19.